The Bertz CT molecular complexity index is 477. The number of amides is 1. The molecule has 0 aromatic carbocycles. The maximum absolute atomic E-state index is 12.2. The fraction of sp³-hybridized carbons (Fsp3) is 0.615. The molecular weight excluding hydrogens is 248 g/mol. The van der Waals surface area contributed by atoms with E-state index >= 15 is 0 Å². The van der Waals surface area contributed by atoms with Crippen LogP contribution in [0.2, 0.25) is 0 Å². The Labute approximate surface area is 112 Å². The highest BCUT2D eigenvalue weighted by atomic mass is 16.5. The first-order valence-electron chi connectivity index (χ1n) is 6.11. The summed E-state index contributed by atoms with van der Waals surface area (Å²) in [6, 6.07) is 1.60. The van der Waals surface area contributed by atoms with Crippen molar-refractivity contribution in [1.29, 1.82) is 0 Å². The first-order valence-corrected chi connectivity index (χ1v) is 6.11. The standard InChI is InChI=1S/C13H20N2O4/c1-8(2)10-6-9(14-19-10)12(18)15(5)13(3,4)7-11(16)17/h6,8H,7H2,1-5H3,(H,16,17). The average molecular weight is 268 g/mol. The van der Waals surface area contributed by atoms with Gasteiger partial charge >= 0.3 is 5.97 Å². The van der Waals surface area contributed by atoms with Gasteiger partial charge < -0.3 is 14.5 Å². The van der Waals surface area contributed by atoms with Crippen molar-refractivity contribution in [3.8, 4) is 0 Å². The molecule has 0 aliphatic carbocycles. The molecule has 1 amide bonds. The molecule has 0 spiro atoms. The summed E-state index contributed by atoms with van der Waals surface area (Å²) in [6.45, 7) is 7.27. The van der Waals surface area contributed by atoms with E-state index in [0.717, 1.165) is 0 Å². The molecule has 19 heavy (non-hydrogen) atoms. The van der Waals surface area contributed by atoms with Gasteiger partial charge in [-0.2, -0.15) is 0 Å². The van der Waals surface area contributed by atoms with Crippen LogP contribution in [0.4, 0.5) is 0 Å². The van der Waals surface area contributed by atoms with Crippen LogP contribution in [-0.4, -0.2) is 39.6 Å². The van der Waals surface area contributed by atoms with Crippen molar-refractivity contribution in [1.82, 2.24) is 10.1 Å². The summed E-state index contributed by atoms with van der Waals surface area (Å²) in [4.78, 5) is 24.4. The number of nitrogens with zero attached hydrogens (tertiary/aromatic N) is 2. The predicted octanol–water partition coefficient (Wildman–Crippen LogP) is 2.12. The van der Waals surface area contributed by atoms with Gasteiger partial charge in [-0.05, 0) is 13.8 Å². The van der Waals surface area contributed by atoms with Crippen LogP contribution in [0.3, 0.4) is 0 Å². The van der Waals surface area contributed by atoms with Gasteiger partial charge in [0.25, 0.3) is 5.91 Å². The predicted molar refractivity (Wildman–Crippen MR) is 69.0 cm³/mol. The maximum atomic E-state index is 12.2. The van der Waals surface area contributed by atoms with Crippen LogP contribution in [0, 0.1) is 0 Å². The highest BCUT2D eigenvalue weighted by Crippen LogP contribution is 2.21. The summed E-state index contributed by atoms with van der Waals surface area (Å²) < 4.78 is 5.08. The minimum Gasteiger partial charge on any atom is -0.481 e. The number of hydrogen-bond acceptors (Lipinski definition) is 4. The Morgan fingerprint density at radius 2 is 2.05 bits per heavy atom. The molecule has 6 heteroatoms. The number of aromatic nitrogens is 1. The normalized spacial score (nSPS) is 11.7. The molecule has 1 N–H and O–H groups in total. The molecule has 0 aliphatic rings. The molecule has 0 unspecified atom stereocenters. The molecule has 1 heterocycles. The molecule has 0 saturated heterocycles. The average Bonchev–Trinajstić information content (AvgIpc) is 2.74. The van der Waals surface area contributed by atoms with E-state index in [1.165, 1.54) is 4.90 Å². The largest absolute Gasteiger partial charge is 0.481 e. The molecule has 0 aliphatic heterocycles. The quantitative estimate of drug-likeness (QED) is 0.884. The van der Waals surface area contributed by atoms with Gasteiger partial charge in [0.05, 0.1) is 6.42 Å². The van der Waals surface area contributed by atoms with Gasteiger partial charge in [-0.15, -0.1) is 0 Å². The van der Waals surface area contributed by atoms with Crippen molar-refractivity contribution in [3.05, 3.63) is 17.5 Å². The lowest BCUT2D eigenvalue weighted by Crippen LogP contribution is -2.46. The summed E-state index contributed by atoms with van der Waals surface area (Å²) in [5.41, 5.74) is -0.593. The number of aliphatic carboxylic acids is 1. The van der Waals surface area contributed by atoms with Gasteiger partial charge in [-0.25, -0.2) is 0 Å². The summed E-state index contributed by atoms with van der Waals surface area (Å²) in [7, 11) is 1.56. The topological polar surface area (TPSA) is 83.6 Å². The Balaban J connectivity index is 2.89. The van der Waals surface area contributed by atoms with Crippen molar-refractivity contribution in [2.24, 2.45) is 0 Å². The van der Waals surface area contributed by atoms with Gasteiger partial charge in [0, 0.05) is 24.6 Å². The number of carboxylic acids is 1. The van der Waals surface area contributed by atoms with E-state index in [0.29, 0.717) is 5.76 Å². The summed E-state index contributed by atoms with van der Waals surface area (Å²) >= 11 is 0. The highest BCUT2D eigenvalue weighted by molar-refractivity contribution is 5.92. The fourth-order valence-electron chi connectivity index (χ4n) is 1.60. The first kappa shape index (κ1) is 15.2. The Hall–Kier alpha value is -1.85. The minimum atomic E-state index is -0.951. The number of carbonyl (C=O) groups is 2. The van der Waals surface area contributed by atoms with Gasteiger partial charge in [0.15, 0.2) is 5.69 Å². The second-order valence-electron chi connectivity index (χ2n) is 5.52. The number of carbonyl (C=O) groups excluding carboxylic acids is 1. The van der Waals surface area contributed by atoms with Crippen molar-refractivity contribution in [2.75, 3.05) is 7.05 Å². The van der Waals surface area contributed by atoms with E-state index in [1.807, 2.05) is 13.8 Å². The number of carboxylic acid groups (broad SMARTS) is 1. The molecule has 6 nitrogen and oxygen atoms in total. The Kier molecular flexibility index (Phi) is 4.34. The molecule has 0 radical (unpaired) electrons. The third kappa shape index (κ3) is 3.56. The summed E-state index contributed by atoms with van der Waals surface area (Å²) in [5, 5.41) is 12.6. The smallest absolute Gasteiger partial charge is 0.305 e. The lowest BCUT2D eigenvalue weighted by molar-refractivity contribution is -0.139. The third-order valence-electron chi connectivity index (χ3n) is 3.11. The summed E-state index contributed by atoms with van der Waals surface area (Å²) in [5.74, 6) is -0.520. The fourth-order valence-corrected chi connectivity index (χ4v) is 1.60. The van der Waals surface area contributed by atoms with Crippen molar-refractivity contribution >= 4 is 11.9 Å². The molecule has 1 aromatic rings. The monoisotopic (exact) mass is 268 g/mol. The van der Waals surface area contributed by atoms with Crippen LogP contribution >= 0.6 is 0 Å². The van der Waals surface area contributed by atoms with Crippen LogP contribution in [0.15, 0.2) is 10.6 Å². The summed E-state index contributed by atoms with van der Waals surface area (Å²) in [6.07, 6.45) is -0.135. The second kappa shape index (κ2) is 5.42. The lowest BCUT2D eigenvalue weighted by Gasteiger charge is -2.33. The van der Waals surface area contributed by atoms with Crippen LogP contribution in [0.1, 0.15) is 56.3 Å². The molecule has 1 aromatic heterocycles. The van der Waals surface area contributed by atoms with E-state index in [4.69, 9.17) is 9.63 Å². The molecular formula is C13H20N2O4. The third-order valence-corrected chi connectivity index (χ3v) is 3.11. The Morgan fingerprint density at radius 3 is 2.47 bits per heavy atom. The second-order valence-corrected chi connectivity index (χ2v) is 5.52. The van der Waals surface area contributed by atoms with Crippen LogP contribution < -0.4 is 0 Å². The van der Waals surface area contributed by atoms with E-state index in [-0.39, 0.29) is 23.9 Å². The van der Waals surface area contributed by atoms with E-state index < -0.39 is 11.5 Å². The zero-order valence-electron chi connectivity index (χ0n) is 11.9. The van der Waals surface area contributed by atoms with Gasteiger partial charge in [0.2, 0.25) is 0 Å². The molecule has 1 rings (SSSR count). The van der Waals surface area contributed by atoms with Crippen molar-refractivity contribution in [2.45, 2.75) is 45.6 Å². The molecule has 106 valence electrons. The van der Waals surface area contributed by atoms with E-state index in [2.05, 4.69) is 5.16 Å². The highest BCUT2D eigenvalue weighted by Gasteiger charge is 2.32. The van der Waals surface area contributed by atoms with Crippen LogP contribution in [0.5, 0.6) is 0 Å². The number of rotatable bonds is 5. The van der Waals surface area contributed by atoms with Crippen molar-refractivity contribution in [3.63, 3.8) is 0 Å². The van der Waals surface area contributed by atoms with Gasteiger partial charge in [0.1, 0.15) is 5.76 Å². The Morgan fingerprint density at radius 1 is 1.47 bits per heavy atom. The molecule has 0 saturated carbocycles. The molecule has 0 bridgehead atoms. The van der Waals surface area contributed by atoms with Crippen LogP contribution in [0.25, 0.3) is 0 Å². The van der Waals surface area contributed by atoms with Gasteiger partial charge in [-0.1, -0.05) is 19.0 Å². The zero-order chi connectivity index (χ0) is 14.8. The van der Waals surface area contributed by atoms with Crippen LogP contribution in [-0.2, 0) is 4.79 Å². The lowest BCUT2D eigenvalue weighted by atomic mass is 9.98. The maximum Gasteiger partial charge on any atom is 0.305 e. The van der Waals surface area contributed by atoms with Gasteiger partial charge in [-0.3, -0.25) is 9.59 Å². The van der Waals surface area contributed by atoms with E-state index in [1.54, 1.807) is 27.0 Å². The molecule has 0 fully saturated rings. The minimum absolute atomic E-state index is 0.135. The van der Waals surface area contributed by atoms with Crippen molar-refractivity contribution < 1.29 is 19.2 Å². The zero-order valence-corrected chi connectivity index (χ0v) is 11.9. The van der Waals surface area contributed by atoms with E-state index in [9.17, 15) is 9.59 Å². The molecule has 0 atom stereocenters. The first-order chi connectivity index (χ1) is 8.65. The SMILES string of the molecule is CC(C)c1cc(C(=O)N(C)C(C)(C)CC(=O)O)no1. The number of hydrogen-bond donors (Lipinski definition) is 1.